The lowest BCUT2D eigenvalue weighted by molar-refractivity contribution is 0.0599. The van der Waals surface area contributed by atoms with E-state index in [1.54, 1.807) is 28.9 Å². The summed E-state index contributed by atoms with van der Waals surface area (Å²) in [5.41, 5.74) is 4.74. The third kappa shape index (κ3) is 4.41. The maximum absolute atomic E-state index is 13.6. The first-order valence-electron chi connectivity index (χ1n) is 11.7. The number of pyridine rings is 1. The van der Waals surface area contributed by atoms with Gasteiger partial charge in [-0.15, -0.1) is 0 Å². The molecule has 0 spiro atoms. The van der Waals surface area contributed by atoms with Gasteiger partial charge in [-0.05, 0) is 55.3 Å². The summed E-state index contributed by atoms with van der Waals surface area (Å²) < 4.78 is 28.9. The molecule has 0 N–H and O–H groups in total. The van der Waals surface area contributed by atoms with Crippen molar-refractivity contribution in [2.24, 2.45) is 7.05 Å². The summed E-state index contributed by atoms with van der Waals surface area (Å²) in [5.74, 6) is -0.630. The fourth-order valence-corrected chi connectivity index (χ4v) is 5.00. The normalized spacial score (nSPS) is 14.7. The number of fused-ring (bicyclic) bond motifs is 1. The van der Waals surface area contributed by atoms with E-state index in [1.165, 1.54) is 24.3 Å². The Morgan fingerprint density at radius 1 is 0.886 bits per heavy atom. The molecule has 0 aliphatic carbocycles. The van der Waals surface area contributed by atoms with Crippen LogP contribution in [-0.4, -0.2) is 56.7 Å². The van der Waals surface area contributed by atoms with E-state index >= 15 is 0 Å². The molecule has 35 heavy (non-hydrogen) atoms. The zero-order chi connectivity index (χ0) is 24.7. The van der Waals surface area contributed by atoms with Crippen LogP contribution in [-0.2, 0) is 7.05 Å². The number of carbonyl (C=O) groups excluding carboxylic acids is 1. The monoisotopic (exact) mass is 475 g/mol. The first-order valence-corrected chi connectivity index (χ1v) is 11.7. The minimum Gasteiger partial charge on any atom is -0.336 e. The summed E-state index contributed by atoms with van der Waals surface area (Å²) in [6.07, 6.45) is 0. The molecule has 3 heterocycles. The summed E-state index contributed by atoms with van der Waals surface area (Å²) in [6, 6.07) is 14.5. The Labute approximate surface area is 202 Å². The van der Waals surface area contributed by atoms with Gasteiger partial charge in [-0.1, -0.05) is 24.3 Å². The molecule has 4 aromatic rings. The number of aryl methyl sites for hydroxylation is 3. The number of hydrogen-bond donors (Lipinski definition) is 0. The summed E-state index contributed by atoms with van der Waals surface area (Å²) in [6.45, 7) is 6.12. The number of amides is 1. The van der Waals surface area contributed by atoms with Crippen LogP contribution < -0.4 is 0 Å². The average Bonchev–Trinajstić information content (AvgIpc) is 3.14. The highest BCUT2D eigenvalue weighted by molar-refractivity contribution is 6.06. The maximum atomic E-state index is 13.6. The Morgan fingerprint density at radius 3 is 1.97 bits per heavy atom. The fourth-order valence-electron chi connectivity index (χ4n) is 5.00. The van der Waals surface area contributed by atoms with Gasteiger partial charge in [-0.3, -0.25) is 14.4 Å². The lowest BCUT2D eigenvalue weighted by atomic mass is 9.96. The molecule has 0 atom stereocenters. The van der Waals surface area contributed by atoms with E-state index in [0.29, 0.717) is 37.4 Å². The van der Waals surface area contributed by atoms with E-state index in [9.17, 15) is 13.6 Å². The van der Waals surface area contributed by atoms with Gasteiger partial charge < -0.3 is 4.90 Å². The largest absolute Gasteiger partial charge is 0.336 e. The lowest BCUT2D eigenvalue weighted by Gasteiger charge is -2.40. The highest BCUT2D eigenvalue weighted by Crippen LogP contribution is 2.31. The molecule has 1 amide bonds. The number of benzene rings is 2. The van der Waals surface area contributed by atoms with Crippen molar-refractivity contribution < 1.29 is 13.6 Å². The molecule has 0 unspecified atom stereocenters. The molecule has 0 bridgehead atoms. The van der Waals surface area contributed by atoms with E-state index in [-0.39, 0.29) is 23.6 Å². The van der Waals surface area contributed by atoms with Crippen LogP contribution in [0.15, 0.2) is 54.6 Å². The lowest BCUT2D eigenvalue weighted by Crippen LogP contribution is -2.50. The Balaban J connectivity index is 1.40. The van der Waals surface area contributed by atoms with Crippen molar-refractivity contribution in [1.29, 1.82) is 0 Å². The summed E-state index contributed by atoms with van der Waals surface area (Å²) in [4.78, 5) is 22.3. The maximum Gasteiger partial charge on any atom is 0.254 e. The number of hydrogen-bond acceptors (Lipinski definition) is 4. The zero-order valence-electron chi connectivity index (χ0n) is 20.0. The zero-order valence-corrected chi connectivity index (χ0v) is 20.0. The molecule has 0 saturated carbocycles. The number of nitrogens with zero attached hydrogens (tertiary/aromatic N) is 5. The first kappa shape index (κ1) is 23.1. The molecule has 2 aromatic carbocycles. The third-order valence-electron chi connectivity index (χ3n) is 6.67. The highest BCUT2D eigenvalue weighted by Gasteiger charge is 2.30. The van der Waals surface area contributed by atoms with Crippen LogP contribution in [0.25, 0.3) is 11.0 Å². The average molecular weight is 476 g/mol. The second kappa shape index (κ2) is 9.19. The molecule has 6 nitrogen and oxygen atoms in total. The van der Waals surface area contributed by atoms with Gasteiger partial charge in [0.25, 0.3) is 5.91 Å². The van der Waals surface area contributed by atoms with Crippen molar-refractivity contribution in [3.63, 3.8) is 0 Å². The topological polar surface area (TPSA) is 54.3 Å². The van der Waals surface area contributed by atoms with Crippen molar-refractivity contribution in [1.82, 2.24) is 24.6 Å². The molecule has 180 valence electrons. The van der Waals surface area contributed by atoms with Crippen LogP contribution in [0.4, 0.5) is 8.78 Å². The molecule has 1 aliphatic heterocycles. The Bertz CT molecular complexity index is 1330. The molecule has 2 aromatic heterocycles. The molecule has 0 radical (unpaired) electrons. The van der Waals surface area contributed by atoms with Gasteiger partial charge in [-0.25, -0.2) is 13.8 Å². The predicted octanol–water partition coefficient (Wildman–Crippen LogP) is 4.41. The van der Waals surface area contributed by atoms with Gasteiger partial charge in [0.05, 0.1) is 22.7 Å². The number of rotatable bonds is 4. The number of halogens is 2. The molecule has 1 aliphatic rings. The van der Waals surface area contributed by atoms with Crippen LogP contribution in [0, 0.1) is 25.5 Å². The van der Waals surface area contributed by atoms with Crippen LogP contribution in [0.2, 0.25) is 0 Å². The summed E-state index contributed by atoms with van der Waals surface area (Å²) >= 11 is 0. The van der Waals surface area contributed by atoms with Crippen molar-refractivity contribution in [3.8, 4) is 0 Å². The fraction of sp³-hybridized carbons (Fsp3) is 0.296. The van der Waals surface area contributed by atoms with Crippen molar-refractivity contribution >= 4 is 16.9 Å². The standard InChI is InChI=1S/C27H27F2N5O/c1-17-16-23(24-18(2)31-32(3)26(24)30-17)27(35)34-14-12-33(13-15-34)25(19-4-8-21(28)9-5-19)20-6-10-22(29)11-7-20/h4-11,16,25H,12-15H2,1-3H3. The third-order valence-corrected chi connectivity index (χ3v) is 6.67. The number of carbonyl (C=O) groups is 1. The summed E-state index contributed by atoms with van der Waals surface area (Å²) in [7, 11) is 1.83. The molecular formula is C27H27F2N5O. The van der Waals surface area contributed by atoms with E-state index in [2.05, 4.69) is 15.0 Å². The smallest absolute Gasteiger partial charge is 0.254 e. The van der Waals surface area contributed by atoms with Crippen LogP contribution in [0.5, 0.6) is 0 Å². The molecular weight excluding hydrogens is 448 g/mol. The quantitative estimate of drug-likeness (QED) is 0.439. The van der Waals surface area contributed by atoms with Gasteiger partial charge in [0.2, 0.25) is 0 Å². The Morgan fingerprint density at radius 2 is 1.43 bits per heavy atom. The Hall–Kier alpha value is -3.65. The van der Waals surface area contributed by atoms with Gasteiger partial charge in [0.1, 0.15) is 11.6 Å². The van der Waals surface area contributed by atoms with Crippen LogP contribution in [0.1, 0.15) is 38.9 Å². The number of aromatic nitrogens is 3. The van der Waals surface area contributed by atoms with Gasteiger partial charge >= 0.3 is 0 Å². The van der Waals surface area contributed by atoms with Crippen LogP contribution >= 0.6 is 0 Å². The second-order valence-corrected chi connectivity index (χ2v) is 9.05. The SMILES string of the molecule is Cc1cc(C(=O)N2CCN(C(c3ccc(F)cc3)c3ccc(F)cc3)CC2)c2c(C)nn(C)c2n1. The van der Waals surface area contributed by atoms with Crippen LogP contribution in [0.3, 0.4) is 0 Å². The van der Waals surface area contributed by atoms with Gasteiger partial charge in [0.15, 0.2) is 5.65 Å². The molecule has 1 fully saturated rings. The highest BCUT2D eigenvalue weighted by atomic mass is 19.1. The first-order chi connectivity index (χ1) is 16.8. The number of piperazine rings is 1. The predicted molar refractivity (Wildman–Crippen MR) is 130 cm³/mol. The van der Waals surface area contributed by atoms with E-state index in [0.717, 1.165) is 27.9 Å². The second-order valence-electron chi connectivity index (χ2n) is 9.05. The van der Waals surface area contributed by atoms with E-state index in [1.807, 2.05) is 31.9 Å². The molecule has 1 saturated heterocycles. The van der Waals surface area contributed by atoms with Crippen molar-refractivity contribution in [3.05, 3.63) is 94.3 Å². The summed E-state index contributed by atoms with van der Waals surface area (Å²) in [5, 5.41) is 5.25. The molecule has 5 rings (SSSR count). The van der Waals surface area contributed by atoms with Gasteiger partial charge in [-0.2, -0.15) is 5.10 Å². The van der Waals surface area contributed by atoms with E-state index in [4.69, 9.17) is 0 Å². The van der Waals surface area contributed by atoms with E-state index < -0.39 is 0 Å². The minimum atomic E-state index is -0.299. The van der Waals surface area contributed by atoms with Crippen molar-refractivity contribution in [2.75, 3.05) is 26.2 Å². The molecule has 8 heteroatoms. The minimum absolute atomic E-state index is 0.0311. The Kier molecular flexibility index (Phi) is 6.06. The van der Waals surface area contributed by atoms with Crippen molar-refractivity contribution in [2.45, 2.75) is 19.9 Å². The van der Waals surface area contributed by atoms with Gasteiger partial charge in [0, 0.05) is 38.9 Å².